The van der Waals surface area contributed by atoms with Gasteiger partial charge in [0.15, 0.2) is 0 Å². The second-order valence-electron chi connectivity index (χ2n) is 6.98. The minimum atomic E-state index is -0.528. The van der Waals surface area contributed by atoms with Crippen molar-refractivity contribution >= 4 is 5.91 Å². The molecule has 3 nitrogen and oxygen atoms in total. The van der Waals surface area contributed by atoms with Gasteiger partial charge in [-0.3, -0.25) is 4.79 Å². The molecule has 0 saturated heterocycles. The average molecular weight is 276 g/mol. The third-order valence-electron chi connectivity index (χ3n) is 3.75. The maximum Gasteiger partial charge on any atom is 0.242 e. The van der Waals surface area contributed by atoms with E-state index in [1.54, 1.807) is 4.90 Å². The highest BCUT2D eigenvalue weighted by molar-refractivity contribution is 5.85. The summed E-state index contributed by atoms with van der Waals surface area (Å²) in [5.41, 5.74) is 2.10. The van der Waals surface area contributed by atoms with E-state index in [2.05, 4.69) is 50.4 Å². The predicted molar refractivity (Wildman–Crippen MR) is 84.8 cm³/mol. The van der Waals surface area contributed by atoms with Gasteiger partial charge in [-0.1, -0.05) is 45.0 Å². The second-order valence-corrected chi connectivity index (χ2v) is 6.98. The third kappa shape index (κ3) is 4.07. The maximum atomic E-state index is 12.3. The molecule has 0 aliphatic rings. The van der Waals surface area contributed by atoms with Crippen molar-refractivity contribution in [2.45, 2.75) is 52.1 Å². The zero-order valence-electron chi connectivity index (χ0n) is 13.9. The lowest BCUT2D eigenvalue weighted by atomic mass is 9.87. The topological polar surface area (TPSA) is 32.3 Å². The van der Waals surface area contributed by atoms with Crippen molar-refractivity contribution in [3.8, 4) is 0 Å². The van der Waals surface area contributed by atoms with Crippen molar-refractivity contribution in [1.29, 1.82) is 0 Å². The van der Waals surface area contributed by atoms with Crippen LogP contribution in [-0.4, -0.2) is 30.4 Å². The minimum absolute atomic E-state index is 0.0971. The largest absolute Gasteiger partial charge is 0.340 e. The lowest BCUT2D eigenvalue weighted by Crippen LogP contribution is -2.51. The molecule has 0 aromatic heterocycles. The Balaban J connectivity index is 2.77. The summed E-state index contributed by atoms with van der Waals surface area (Å²) in [5, 5.41) is 3.05. The molecule has 1 aromatic rings. The molecule has 0 fully saturated rings. The Labute approximate surface area is 123 Å². The molecule has 0 bridgehead atoms. The van der Waals surface area contributed by atoms with E-state index < -0.39 is 5.54 Å². The van der Waals surface area contributed by atoms with Crippen molar-refractivity contribution in [3.05, 3.63) is 35.4 Å². The van der Waals surface area contributed by atoms with Crippen LogP contribution in [0.15, 0.2) is 24.3 Å². The Morgan fingerprint density at radius 1 is 1.10 bits per heavy atom. The first-order valence-electron chi connectivity index (χ1n) is 7.12. The molecular weight excluding hydrogens is 248 g/mol. The number of carbonyl (C=O) groups is 1. The minimum Gasteiger partial charge on any atom is -0.340 e. The van der Waals surface area contributed by atoms with Gasteiger partial charge in [-0.15, -0.1) is 0 Å². The Kier molecular flexibility index (Phi) is 4.98. The average Bonchev–Trinajstić information content (AvgIpc) is 2.37. The zero-order chi connectivity index (χ0) is 15.6. The Morgan fingerprint density at radius 2 is 1.60 bits per heavy atom. The fourth-order valence-electron chi connectivity index (χ4n) is 2.04. The van der Waals surface area contributed by atoms with Crippen molar-refractivity contribution in [2.24, 2.45) is 0 Å². The number of nitrogens with one attached hydrogen (secondary N) is 1. The molecular formula is C17H28N2O. The molecule has 1 amide bonds. The highest BCUT2D eigenvalue weighted by atomic mass is 16.2. The number of likely N-dealkylation sites (N-methyl/N-ethyl adjacent to an activating group) is 2. The number of rotatable bonds is 4. The first kappa shape index (κ1) is 16.7. The Morgan fingerprint density at radius 3 is 2.00 bits per heavy atom. The molecule has 0 atom stereocenters. The predicted octanol–water partition coefficient (Wildman–Crippen LogP) is 2.94. The van der Waals surface area contributed by atoms with Crippen LogP contribution in [0.1, 0.15) is 45.7 Å². The van der Waals surface area contributed by atoms with Crippen LogP contribution in [0.3, 0.4) is 0 Å². The van der Waals surface area contributed by atoms with Crippen molar-refractivity contribution in [3.63, 3.8) is 0 Å². The van der Waals surface area contributed by atoms with E-state index in [9.17, 15) is 4.79 Å². The summed E-state index contributed by atoms with van der Waals surface area (Å²) in [6.07, 6.45) is 0. The number of hydrogen-bond acceptors (Lipinski definition) is 2. The highest BCUT2D eigenvalue weighted by Crippen LogP contribution is 2.22. The van der Waals surface area contributed by atoms with E-state index in [0.717, 1.165) is 5.56 Å². The van der Waals surface area contributed by atoms with Crippen molar-refractivity contribution in [1.82, 2.24) is 10.2 Å². The number of nitrogens with zero attached hydrogens (tertiary/aromatic N) is 1. The molecule has 20 heavy (non-hydrogen) atoms. The summed E-state index contributed by atoms with van der Waals surface area (Å²) in [6.45, 7) is 11.0. The van der Waals surface area contributed by atoms with Crippen LogP contribution in [0.4, 0.5) is 0 Å². The maximum absolute atomic E-state index is 12.3. The lowest BCUT2D eigenvalue weighted by Gasteiger charge is -2.29. The van der Waals surface area contributed by atoms with Gasteiger partial charge in [-0.25, -0.2) is 0 Å². The number of carbonyl (C=O) groups excluding carboxylic acids is 1. The van der Waals surface area contributed by atoms with Gasteiger partial charge >= 0.3 is 0 Å². The molecule has 0 saturated carbocycles. The first-order chi connectivity index (χ1) is 9.08. The van der Waals surface area contributed by atoms with Gasteiger partial charge in [0.1, 0.15) is 0 Å². The Bertz CT molecular complexity index is 455. The van der Waals surface area contributed by atoms with Crippen molar-refractivity contribution in [2.75, 3.05) is 14.1 Å². The molecule has 1 rings (SSSR count). The highest BCUT2D eigenvalue weighted by Gasteiger charge is 2.28. The van der Waals surface area contributed by atoms with Gasteiger partial charge in [-0.2, -0.15) is 0 Å². The van der Waals surface area contributed by atoms with Crippen LogP contribution in [0.25, 0.3) is 0 Å². The van der Waals surface area contributed by atoms with Gasteiger partial charge in [0, 0.05) is 13.6 Å². The molecule has 0 aliphatic heterocycles. The molecule has 1 aromatic carbocycles. The standard InChI is InChI=1S/C17H28N2O/c1-16(2,3)14-10-8-13(9-11-14)12-19(7)15(20)17(4,5)18-6/h8-11,18H,12H2,1-7H3. The Hall–Kier alpha value is -1.35. The van der Waals surface area contributed by atoms with Crippen LogP contribution in [0.5, 0.6) is 0 Å². The summed E-state index contributed by atoms with van der Waals surface area (Å²) >= 11 is 0. The third-order valence-corrected chi connectivity index (χ3v) is 3.75. The van der Waals surface area contributed by atoms with Gasteiger partial charge in [0.05, 0.1) is 5.54 Å². The molecule has 1 N–H and O–H groups in total. The van der Waals surface area contributed by atoms with Crippen LogP contribution in [-0.2, 0) is 16.8 Å². The van der Waals surface area contributed by atoms with E-state index in [1.807, 2.05) is 27.9 Å². The molecule has 3 heteroatoms. The van der Waals surface area contributed by atoms with E-state index in [1.165, 1.54) is 5.56 Å². The number of hydrogen-bond donors (Lipinski definition) is 1. The summed E-state index contributed by atoms with van der Waals surface area (Å²) < 4.78 is 0. The van der Waals surface area contributed by atoms with Crippen LogP contribution in [0.2, 0.25) is 0 Å². The van der Waals surface area contributed by atoms with E-state index in [0.29, 0.717) is 6.54 Å². The quantitative estimate of drug-likeness (QED) is 0.917. The summed E-state index contributed by atoms with van der Waals surface area (Å²) in [4.78, 5) is 14.1. The van der Waals surface area contributed by atoms with Gasteiger partial charge in [0.2, 0.25) is 5.91 Å². The zero-order valence-corrected chi connectivity index (χ0v) is 13.9. The van der Waals surface area contributed by atoms with Crippen LogP contribution < -0.4 is 5.32 Å². The molecule has 112 valence electrons. The number of benzene rings is 1. The van der Waals surface area contributed by atoms with Crippen LogP contribution in [0, 0.1) is 0 Å². The lowest BCUT2D eigenvalue weighted by molar-refractivity contribution is -0.136. The fourth-order valence-corrected chi connectivity index (χ4v) is 2.04. The smallest absolute Gasteiger partial charge is 0.242 e. The van der Waals surface area contributed by atoms with Crippen LogP contribution >= 0.6 is 0 Å². The van der Waals surface area contributed by atoms with Gasteiger partial charge in [0.25, 0.3) is 0 Å². The van der Waals surface area contributed by atoms with Gasteiger partial charge in [-0.05, 0) is 37.4 Å². The first-order valence-corrected chi connectivity index (χ1v) is 7.12. The molecule has 0 heterocycles. The summed E-state index contributed by atoms with van der Waals surface area (Å²) in [6, 6.07) is 8.52. The molecule has 0 aliphatic carbocycles. The number of amides is 1. The monoisotopic (exact) mass is 276 g/mol. The van der Waals surface area contributed by atoms with E-state index >= 15 is 0 Å². The molecule has 0 spiro atoms. The normalized spacial score (nSPS) is 12.3. The second kappa shape index (κ2) is 5.96. The summed E-state index contributed by atoms with van der Waals surface area (Å²) in [5.74, 6) is 0.0971. The summed E-state index contributed by atoms with van der Waals surface area (Å²) in [7, 11) is 3.66. The van der Waals surface area contributed by atoms with E-state index in [-0.39, 0.29) is 11.3 Å². The van der Waals surface area contributed by atoms with E-state index in [4.69, 9.17) is 0 Å². The molecule has 0 radical (unpaired) electrons. The van der Waals surface area contributed by atoms with Crippen molar-refractivity contribution < 1.29 is 4.79 Å². The fraction of sp³-hybridized carbons (Fsp3) is 0.588. The molecule has 0 unspecified atom stereocenters. The van der Waals surface area contributed by atoms with Gasteiger partial charge < -0.3 is 10.2 Å². The SMILES string of the molecule is CNC(C)(C)C(=O)N(C)Cc1ccc(C(C)(C)C)cc1.